The molecule has 1 saturated carbocycles. The molecule has 0 aliphatic heterocycles. The maximum absolute atomic E-state index is 3.56. The first-order chi connectivity index (χ1) is 4.31. The molecule has 0 radical (unpaired) electrons. The average molecular weight is 465 g/mol. The number of hydrogen-bond donors (Lipinski definition) is 0. The van der Waals surface area contributed by atoms with Crippen molar-refractivity contribution in [1.82, 2.24) is 0 Å². The summed E-state index contributed by atoms with van der Waals surface area (Å²) < 4.78 is 0.127. The first kappa shape index (κ1) is 10.5. The SMILES string of the molecule is BrC(Br)(Br)CC1CC1(Br)Br. The molecule has 1 atom stereocenters. The van der Waals surface area contributed by atoms with E-state index in [0.717, 1.165) is 6.42 Å². The summed E-state index contributed by atoms with van der Waals surface area (Å²) in [5.41, 5.74) is 0. The van der Waals surface area contributed by atoms with Crippen molar-refractivity contribution in [2.24, 2.45) is 5.92 Å². The first-order valence-corrected chi connectivity index (χ1v) is 6.72. The van der Waals surface area contributed by atoms with Crippen LogP contribution in [0, 0.1) is 5.92 Å². The predicted octanol–water partition coefficient (Wildman–Crippen LogP) is 4.72. The van der Waals surface area contributed by atoms with Crippen LogP contribution in [0.4, 0.5) is 0 Å². The van der Waals surface area contributed by atoms with E-state index in [9.17, 15) is 0 Å². The van der Waals surface area contributed by atoms with Crippen LogP contribution in [0.5, 0.6) is 0 Å². The molecule has 1 aliphatic carbocycles. The molecular weight excluding hydrogens is 460 g/mol. The van der Waals surface area contributed by atoms with E-state index in [0.29, 0.717) is 5.92 Å². The second-order valence-corrected chi connectivity index (χ2v) is 13.6. The fourth-order valence-corrected chi connectivity index (χ4v) is 3.05. The summed E-state index contributed by atoms with van der Waals surface area (Å²) in [5, 5.41) is 0. The van der Waals surface area contributed by atoms with Crippen molar-refractivity contribution in [3.8, 4) is 0 Å². The third-order valence-corrected chi connectivity index (χ3v) is 4.35. The smallest absolute Gasteiger partial charge is 0.0724 e. The number of halogens is 5. The second-order valence-electron chi connectivity index (χ2n) is 2.48. The zero-order chi connectivity index (χ0) is 7.99. The van der Waals surface area contributed by atoms with Crippen molar-refractivity contribution >= 4 is 79.6 Å². The Morgan fingerprint density at radius 1 is 1.30 bits per heavy atom. The van der Waals surface area contributed by atoms with Gasteiger partial charge in [0.05, 0.1) is 3.23 Å². The van der Waals surface area contributed by atoms with Crippen molar-refractivity contribution < 1.29 is 0 Å². The zero-order valence-electron chi connectivity index (χ0n) is 4.88. The van der Waals surface area contributed by atoms with Crippen LogP contribution in [0.1, 0.15) is 12.8 Å². The largest absolute Gasteiger partial charge is 0.135 e. The van der Waals surface area contributed by atoms with Gasteiger partial charge in [0.2, 0.25) is 0 Å². The molecule has 10 heavy (non-hydrogen) atoms. The molecule has 0 heterocycles. The normalized spacial score (nSPS) is 30.3. The third-order valence-electron chi connectivity index (χ3n) is 1.43. The van der Waals surface area contributed by atoms with E-state index in [1.54, 1.807) is 0 Å². The first-order valence-electron chi connectivity index (χ1n) is 2.76. The maximum atomic E-state index is 3.56. The van der Waals surface area contributed by atoms with Crippen molar-refractivity contribution in [2.45, 2.75) is 18.2 Å². The highest BCUT2D eigenvalue weighted by molar-refractivity contribution is 9.39. The van der Waals surface area contributed by atoms with Crippen LogP contribution in [0.15, 0.2) is 0 Å². The molecule has 0 aromatic rings. The Kier molecular flexibility index (Phi) is 3.43. The van der Waals surface area contributed by atoms with Gasteiger partial charge in [0.25, 0.3) is 0 Å². The zero-order valence-corrected chi connectivity index (χ0v) is 12.8. The number of hydrogen-bond acceptors (Lipinski definition) is 0. The van der Waals surface area contributed by atoms with E-state index in [2.05, 4.69) is 79.6 Å². The highest BCUT2D eigenvalue weighted by Gasteiger charge is 2.52. The fraction of sp³-hybridized carbons (Fsp3) is 1.00. The summed E-state index contributed by atoms with van der Waals surface area (Å²) in [6, 6.07) is 0. The maximum Gasteiger partial charge on any atom is 0.135 e. The summed E-state index contributed by atoms with van der Waals surface area (Å²) in [6.45, 7) is 0. The van der Waals surface area contributed by atoms with Gasteiger partial charge in [0.1, 0.15) is 2.14 Å². The third kappa shape index (κ3) is 3.42. The Labute approximate surface area is 103 Å². The molecule has 1 unspecified atom stereocenters. The van der Waals surface area contributed by atoms with E-state index in [-0.39, 0.29) is 5.38 Å². The molecule has 0 aromatic heterocycles. The number of alkyl halides is 5. The second kappa shape index (κ2) is 3.28. The number of rotatable bonds is 1. The van der Waals surface area contributed by atoms with E-state index in [1.165, 1.54) is 6.42 Å². The van der Waals surface area contributed by atoms with E-state index < -0.39 is 0 Å². The average Bonchev–Trinajstić information content (AvgIpc) is 2.05. The van der Waals surface area contributed by atoms with Gasteiger partial charge < -0.3 is 0 Å². The lowest BCUT2D eigenvalue weighted by Gasteiger charge is -2.11. The monoisotopic (exact) mass is 460 g/mol. The molecule has 0 aromatic carbocycles. The van der Waals surface area contributed by atoms with E-state index in [1.807, 2.05) is 0 Å². The van der Waals surface area contributed by atoms with Crippen LogP contribution in [0.25, 0.3) is 0 Å². The fourth-order valence-electron chi connectivity index (χ4n) is 0.770. The van der Waals surface area contributed by atoms with Crippen molar-refractivity contribution in [2.75, 3.05) is 0 Å². The van der Waals surface area contributed by atoms with Crippen LogP contribution >= 0.6 is 79.6 Å². The van der Waals surface area contributed by atoms with Gasteiger partial charge in [-0.25, -0.2) is 0 Å². The summed E-state index contributed by atoms with van der Waals surface area (Å²) in [4.78, 5) is 0. The molecule has 1 rings (SSSR count). The van der Waals surface area contributed by atoms with Crippen molar-refractivity contribution in [3.63, 3.8) is 0 Å². The topological polar surface area (TPSA) is 0 Å². The minimum Gasteiger partial charge on any atom is -0.0724 e. The van der Waals surface area contributed by atoms with Crippen LogP contribution < -0.4 is 0 Å². The van der Waals surface area contributed by atoms with Gasteiger partial charge >= 0.3 is 0 Å². The van der Waals surface area contributed by atoms with Gasteiger partial charge in [0, 0.05) is 0 Å². The lowest BCUT2D eigenvalue weighted by molar-refractivity contribution is 0.781. The molecule has 5 heteroatoms. The molecular formula is C5H5Br5. The van der Waals surface area contributed by atoms with Gasteiger partial charge in [-0.3, -0.25) is 0 Å². The van der Waals surface area contributed by atoms with Crippen molar-refractivity contribution in [3.05, 3.63) is 0 Å². The molecule has 0 nitrogen and oxygen atoms in total. The minimum absolute atomic E-state index is 0.0824. The van der Waals surface area contributed by atoms with Gasteiger partial charge in [0.15, 0.2) is 0 Å². The summed E-state index contributed by atoms with van der Waals surface area (Å²) in [6.07, 6.45) is 2.25. The Hall–Kier alpha value is 2.40. The van der Waals surface area contributed by atoms with Crippen LogP contribution in [0.2, 0.25) is 0 Å². The van der Waals surface area contributed by atoms with E-state index in [4.69, 9.17) is 0 Å². The quantitative estimate of drug-likeness (QED) is 0.493. The van der Waals surface area contributed by atoms with Gasteiger partial charge in [-0.15, -0.1) is 0 Å². The Morgan fingerprint density at radius 3 is 1.80 bits per heavy atom. The summed E-state index contributed by atoms with van der Waals surface area (Å²) >= 11 is 17.5. The highest BCUT2D eigenvalue weighted by Crippen LogP contribution is 2.61. The molecule has 0 saturated heterocycles. The summed E-state index contributed by atoms with van der Waals surface area (Å²) in [5.74, 6) is 0.700. The molecule has 0 spiro atoms. The minimum atomic E-state index is -0.0824. The Bertz CT molecular complexity index is 135. The van der Waals surface area contributed by atoms with Gasteiger partial charge in [-0.05, 0) is 18.8 Å². The summed E-state index contributed by atoms with van der Waals surface area (Å²) in [7, 11) is 0. The lowest BCUT2D eigenvalue weighted by atomic mass is 10.3. The Morgan fingerprint density at radius 2 is 1.70 bits per heavy atom. The van der Waals surface area contributed by atoms with Gasteiger partial charge in [-0.2, -0.15) is 0 Å². The molecule has 60 valence electrons. The predicted molar refractivity (Wildman–Crippen MR) is 62.8 cm³/mol. The molecule has 1 aliphatic rings. The van der Waals surface area contributed by atoms with Crippen LogP contribution in [-0.4, -0.2) is 5.38 Å². The van der Waals surface area contributed by atoms with Crippen LogP contribution in [-0.2, 0) is 0 Å². The Balaban J connectivity index is 2.31. The standard InChI is InChI=1S/C5H5Br5/c6-4(7)1-3(4)2-5(8,9)10/h3H,1-2H2. The molecule has 0 bridgehead atoms. The van der Waals surface area contributed by atoms with Gasteiger partial charge in [-0.1, -0.05) is 79.6 Å². The van der Waals surface area contributed by atoms with Crippen molar-refractivity contribution in [1.29, 1.82) is 0 Å². The lowest BCUT2D eigenvalue weighted by Crippen LogP contribution is -2.03. The molecule has 0 N–H and O–H groups in total. The van der Waals surface area contributed by atoms with E-state index >= 15 is 0 Å². The van der Waals surface area contributed by atoms with Crippen LogP contribution in [0.3, 0.4) is 0 Å². The molecule has 0 amide bonds. The highest BCUT2D eigenvalue weighted by atomic mass is 80.0. The molecule has 1 fully saturated rings.